The number of anilines is 1. The molecule has 7 nitrogen and oxygen atoms in total. The van der Waals surface area contributed by atoms with Crippen LogP contribution in [0.2, 0.25) is 0 Å². The van der Waals surface area contributed by atoms with Gasteiger partial charge >= 0.3 is 6.09 Å². The summed E-state index contributed by atoms with van der Waals surface area (Å²) in [6.07, 6.45) is 1.69. The molecule has 0 radical (unpaired) electrons. The summed E-state index contributed by atoms with van der Waals surface area (Å²) >= 11 is 0. The molecule has 0 fully saturated rings. The van der Waals surface area contributed by atoms with E-state index in [9.17, 15) is 9.59 Å². The van der Waals surface area contributed by atoms with E-state index in [1.807, 2.05) is 6.92 Å². The van der Waals surface area contributed by atoms with Gasteiger partial charge in [-0.2, -0.15) is 0 Å². The maximum absolute atomic E-state index is 11.9. The Hall–Kier alpha value is -2.31. The molecule has 19 heavy (non-hydrogen) atoms. The molecule has 0 spiro atoms. The summed E-state index contributed by atoms with van der Waals surface area (Å²) in [5.74, 6) is 0.262. The summed E-state index contributed by atoms with van der Waals surface area (Å²) in [7, 11) is 0. The molecule has 0 aromatic carbocycles. The van der Waals surface area contributed by atoms with Crippen molar-refractivity contribution in [2.24, 2.45) is 5.73 Å². The standard InChI is InChI=1S/C12H18N4O3/c1-2-5-14-10-9(4-3-6-15-10)11(17)16-7-8-19-12(13)18/h3-4,6H,2,5,7-8H2,1H3,(H2,13,18)(H,14,15)(H,16,17). The van der Waals surface area contributed by atoms with Crippen LogP contribution < -0.4 is 16.4 Å². The van der Waals surface area contributed by atoms with Crippen molar-refractivity contribution in [3.8, 4) is 0 Å². The van der Waals surface area contributed by atoms with Gasteiger partial charge in [0.25, 0.3) is 5.91 Å². The first kappa shape index (κ1) is 14.7. The van der Waals surface area contributed by atoms with E-state index in [0.717, 1.165) is 13.0 Å². The minimum atomic E-state index is -0.860. The molecule has 4 N–H and O–H groups in total. The normalized spacial score (nSPS) is 9.74. The summed E-state index contributed by atoms with van der Waals surface area (Å²) in [6, 6.07) is 3.36. The highest BCUT2D eigenvalue weighted by atomic mass is 16.5. The fourth-order valence-corrected chi connectivity index (χ4v) is 1.38. The van der Waals surface area contributed by atoms with Gasteiger partial charge in [-0.3, -0.25) is 4.79 Å². The van der Waals surface area contributed by atoms with Crippen LogP contribution in [0.5, 0.6) is 0 Å². The number of primary amides is 1. The Morgan fingerprint density at radius 2 is 2.21 bits per heavy atom. The summed E-state index contributed by atoms with van der Waals surface area (Å²) in [6.45, 7) is 3.00. The highest BCUT2D eigenvalue weighted by molar-refractivity contribution is 5.98. The van der Waals surface area contributed by atoms with Crippen molar-refractivity contribution < 1.29 is 14.3 Å². The second-order valence-electron chi connectivity index (χ2n) is 3.75. The van der Waals surface area contributed by atoms with Gasteiger partial charge in [0.15, 0.2) is 0 Å². The van der Waals surface area contributed by atoms with E-state index in [4.69, 9.17) is 5.73 Å². The maximum atomic E-state index is 11.9. The van der Waals surface area contributed by atoms with Gasteiger partial charge < -0.3 is 21.1 Å². The number of aromatic nitrogens is 1. The van der Waals surface area contributed by atoms with Crippen molar-refractivity contribution in [1.82, 2.24) is 10.3 Å². The monoisotopic (exact) mass is 266 g/mol. The second kappa shape index (κ2) is 7.91. The predicted octanol–water partition coefficient (Wildman–Crippen LogP) is 0.729. The third kappa shape index (κ3) is 5.24. The fourth-order valence-electron chi connectivity index (χ4n) is 1.38. The molecule has 0 atom stereocenters. The molecule has 0 bridgehead atoms. The molecule has 1 rings (SSSR count). The second-order valence-corrected chi connectivity index (χ2v) is 3.75. The van der Waals surface area contributed by atoms with Crippen LogP contribution in [0, 0.1) is 0 Å². The van der Waals surface area contributed by atoms with Crippen molar-refractivity contribution in [3.05, 3.63) is 23.9 Å². The first-order valence-electron chi connectivity index (χ1n) is 6.04. The van der Waals surface area contributed by atoms with E-state index in [-0.39, 0.29) is 19.1 Å². The Bertz CT molecular complexity index is 437. The lowest BCUT2D eigenvalue weighted by molar-refractivity contribution is 0.0937. The van der Waals surface area contributed by atoms with Gasteiger partial charge in [0.2, 0.25) is 0 Å². The molecule has 0 aliphatic rings. The van der Waals surface area contributed by atoms with Crippen LogP contribution in [-0.2, 0) is 4.74 Å². The minimum Gasteiger partial charge on any atom is -0.448 e. The van der Waals surface area contributed by atoms with Gasteiger partial charge in [0.05, 0.1) is 12.1 Å². The topological polar surface area (TPSA) is 106 Å². The average molecular weight is 266 g/mol. The van der Waals surface area contributed by atoms with Crippen molar-refractivity contribution in [1.29, 1.82) is 0 Å². The van der Waals surface area contributed by atoms with Crippen molar-refractivity contribution in [2.45, 2.75) is 13.3 Å². The van der Waals surface area contributed by atoms with Crippen LogP contribution in [0.3, 0.4) is 0 Å². The number of nitrogens with one attached hydrogen (secondary N) is 2. The zero-order valence-corrected chi connectivity index (χ0v) is 10.8. The van der Waals surface area contributed by atoms with Crippen LogP contribution in [0.1, 0.15) is 23.7 Å². The highest BCUT2D eigenvalue weighted by Crippen LogP contribution is 2.10. The number of hydrogen-bond donors (Lipinski definition) is 3. The van der Waals surface area contributed by atoms with E-state index in [1.54, 1.807) is 18.3 Å². The Morgan fingerprint density at radius 3 is 2.89 bits per heavy atom. The number of amides is 2. The van der Waals surface area contributed by atoms with E-state index in [0.29, 0.717) is 11.4 Å². The molecule has 104 valence electrons. The van der Waals surface area contributed by atoms with Gasteiger partial charge in [-0.05, 0) is 18.6 Å². The van der Waals surface area contributed by atoms with Gasteiger partial charge in [-0.15, -0.1) is 0 Å². The lowest BCUT2D eigenvalue weighted by atomic mass is 10.2. The smallest absolute Gasteiger partial charge is 0.404 e. The summed E-state index contributed by atoms with van der Waals surface area (Å²) < 4.78 is 4.52. The van der Waals surface area contributed by atoms with Crippen molar-refractivity contribution in [3.63, 3.8) is 0 Å². The molecule has 7 heteroatoms. The first-order chi connectivity index (χ1) is 9.15. The van der Waals surface area contributed by atoms with E-state index in [2.05, 4.69) is 20.4 Å². The summed E-state index contributed by atoms with van der Waals surface area (Å²) in [4.78, 5) is 26.4. The molecule has 1 heterocycles. The summed E-state index contributed by atoms with van der Waals surface area (Å²) in [5, 5.41) is 5.69. The first-order valence-corrected chi connectivity index (χ1v) is 6.04. The minimum absolute atomic E-state index is 0.0407. The van der Waals surface area contributed by atoms with Crippen LogP contribution in [-0.4, -0.2) is 36.7 Å². The largest absolute Gasteiger partial charge is 0.448 e. The molecule has 0 saturated carbocycles. The number of nitrogens with zero attached hydrogens (tertiary/aromatic N) is 1. The van der Waals surface area contributed by atoms with E-state index >= 15 is 0 Å². The number of carbonyl (C=O) groups is 2. The third-order valence-corrected chi connectivity index (χ3v) is 2.23. The van der Waals surface area contributed by atoms with Crippen molar-refractivity contribution in [2.75, 3.05) is 25.0 Å². The number of carbonyl (C=O) groups excluding carboxylic acids is 2. The Morgan fingerprint density at radius 1 is 1.42 bits per heavy atom. The lowest BCUT2D eigenvalue weighted by Crippen LogP contribution is -2.29. The molecule has 2 amide bonds. The number of pyridine rings is 1. The molecular formula is C12H18N4O3. The molecule has 1 aromatic rings. The Labute approximate surface area is 111 Å². The SMILES string of the molecule is CCCNc1ncccc1C(=O)NCCOC(N)=O. The van der Waals surface area contributed by atoms with Crippen LogP contribution in [0.25, 0.3) is 0 Å². The third-order valence-electron chi connectivity index (χ3n) is 2.23. The van der Waals surface area contributed by atoms with Crippen molar-refractivity contribution >= 4 is 17.8 Å². The number of hydrogen-bond acceptors (Lipinski definition) is 5. The Balaban J connectivity index is 2.53. The number of nitrogens with two attached hydrogens (primary N) is 1. The zero-order valence-electron chi connectivity index (χ0n) is 10.8. The van der Waals surface area contributed by atoms with Crippen LogP contribution in [0.4, 0.5) is 10.6 Å². The predicted molar refractivity (Wildman–Crippen MR) is 70.9 cm³/mol. The number of rotatable bonds is 7. The molecule has 0 aliphatic heterocycles. The molecule has 0 unspecified atom stereocenters. The average Bonchev–Trinajstić information content (AvgIpc) is 2.41. The Kier molecular flexibility index (Phi) is 6.14. The van der Waals surface area contributed by atoms with E-state index < -0.39 is 6.09 Å². The quantitative estimate of drug-likeness (QED) is 0.631. The van der Waals surface area contributed by atoms with Crippen LogP contribution >= 0.6 is 0 Å². The fraction of sp³-hybridized carbons (Fsp3) is 0.417. The zero-order chi connectivity index (χ0) is 14.1. The van der Waals surface area contributed by atoms with Gasteiger partial charge in [-0.1, -0.05) is 6.92 Å². The molecule has 0 aliphatic carbocycles. The van der Waals surface area contributed by atoms with Gasteiger partial charge in [0.1, 0.15) is 12.4 Å². The van der Waals surface area contributed by atoms with E-state index in [1.165, 1.54) is 0 Å². The lowest BCUT2D eigenvalue weighted by Gasteiger charge is -2.10. The molecule has 1 aromatic heterocycles. The van der Waals surface area contributed by atoms with Crippen LogP contribution in [0.15, 0.2) is 18.3 Å². The van der Waals surface area contributed by atoms with Gasteiger partial charge in [0, 0.05) is 12.7 Å². The maximum Gasteiger partial charge on any atom is 0.404 e. The number of ether oxygens (including phenoxy) is 1. The summed E-state index contributed by atoms with van der Waals surface area (Å²) in [5.41, 5.74) is 5.26. The highest BCUT2D eigenvalue weighted by Gasteiger charge is 2.11. The molecule has 0 saturated heterocycles. The molecular weight excluding hydrogens is 248 g/mol. The van der Waals surface area contributed by atoms with Gasteiger partial charge in [-0.25, -0.2) is 9.78 Å².